The summed E-state index contributed by atoms with van der Waals surface area (Å²) >= 11 is 11.2. The molecule has 0 aromatic heterocycles. The predicted octanol–water partition coefficient (Wildman–Crippen LogP) is 9.12. The molecule has 0 radical (unpaired) electrons. The van der Waals surface area contributed by atoms with Crippen molar-refractivity contribution in [2.45, 2.75) is 20.8 Å². The Labute approximate surface area is 189 Å². The highest BCUT2D eigenvalue weighted by molar-refractivity contribution is 6.30. The fraction of sp³-hybridized carbons (Fsp3) is 0.111. The van der Waals surface area contributed by atoms with Crippen molar-refractivity contribution in [2.24, 2.45) is 0 Å². The molecule has 4 aromatic carbocycles. The van der Waals surface area contributed by atoms with Crippen LogP contribution in [-0.2, 0) is 0 Å². The lowest BCUT2D eigenvalue weighted by atomic mass is 10.2. The molecule has 4 aromatic rings. The van der Waals surface area contributed by atoms with Crippen molar-refractivity contribution in [3.8, 4) is 0 Å². The van der Waals surface area contributed by atoms with Gasteiger partial charge >= 0.3 is 0 Å². The second-order valence-electron chi connectivity index (χ2n) is 6.54. The summed E-state index contributed by atoms with van der Waals surface area (Å²) < 4.78 is 12.2. The van der Waals surface area contributed by atoms with Crippen LogP contribution in [0.2, 0.25) is 10.0 Å². The summed E-state index contributed by atoms with van der Waals surface area (Å²) in [7, 11) is 0. The van der Waals surface area contributed by atoms with Crippen LogP contribution in [0.25, 0.3) is 0 Å². The largest absolute Gasteiger partial charge is 0.207 e. The second-order valence-corrected chi connectivity index (χ2v) is 7.42. The van der Waals surface area contributed by atoms with E-state index in [0.29, 0.717) is 0 Å². The van der Waals surface area contributed by atoms with Gasteiger partial charge in [-0.05, 0) is 62.7 Å². The minimum absolute atomic E-state index is 0.162. The van der Waals surface area contributed by atoms with Gasteiger partial charge in [0.1, 0.15) is 5.82 Å². The van der Waals surface area contributed by atoms with E-state index < -0.39 is 0 Å². The van der Waals surface area contributed by atoms with Gasteiger partial charge in [0.05, 0.1) is 0 Å². The molecule has 3 heteroatoms. The quantitative estimate of drug-likeness (QED) is 0.255. The Morgan fingerprint density at radius 3 is 1.20 bits per heavy atom. The maximum Gasteiger partial charge on any atom is 0.123 e. The van der Waals surface area contributed by atoms with Crippen LogP contribution in [0, 0.1) is 26.6 Å². The molecule has 0 unspecified atom stereocenters. The van der Waals surface area contributed by atoms with E-state index in [1.165, 1.54) is 23.3 Å². The van der Waals surface area contributed by atoms with Gasteiger partial charge in [0, 0.05) is 10.0 Å². The average molecular weight is 441 g/mol. The molecule has 0 amide bonds. The third-order valence-electron chi connectivity index (χ3n) is 3.66. The van der Waals surface area contributed by atoms with E-state index in [1.54, 1.807) is 6.07 Å². The molecule has 0 bridgehead atoms. The number of halogens is 3. The van der Waals surface area contributed by atoms with E-state index in [0.717, 1.165) is 15.6 Å². The maximum atomic E-state index is 12.2. The van der Waals surface area contributed by atoms with E-state index >= 15 is 0 Å². The molecule has 4 rings (SSSR count). The summed E-state index contributed by atoms with van der Waals surface area (Å²) in [5.41, 5.74) is 3.53. The van der Waals surface area contributed by atoms with Crippen molar-refractivity contribution in [1.82, 2.24) is 0 Å². The second kappa shape index (κ2) is 15.3. The molecule has 0 saturated carbocycles. The van der Waals surface area contributed by atoms with Crippen LogP contribution >= 0.6 is 23.2 Å². The first-order valence-corrected chi connectivity index (χ1v) is 10.3. The normalized spacial score (nSPS) is 9.00. The number of hydrogen-bond donors (Lipinski definition) is 0. The van der Waals surface area contributed by atoms with Crippen LogP contribution in [-0.4, -0.2) is 0 Å². The lowest BCUT2D eigenvalue weighted by molar-refractivity contribution is 0.626. The molecule has 0 saturated heterocycles. The van der Waals surface area contributed by atoms with Crippen LogP contribution in [0.1, 0.15) is 16.7 Å². The van der Waals surface area contributed by atoms with E-state index in [4.69, 9.17) is 23.2 Å². The Morgan fingerprint density at radius 1 is 0.467 bits per heavy atom. The fourth-order valence-corrected chi connectivity index (χ4v) is 2.36. The molecule has 0 heterocycles. The minimum atomic E-state index is -0.162. The highest BCUT2D eigenvalue weighted by atomic mass is 35.5. The predicted molar refractivity (Wildman–Crippen MR) is 130 cm³/mol. The van der Waals surface area contributed by atoms with Gasteiger partial charge < -0.3 is 0 Å². The Hall–Kier alpha value is -2.61. The number of aryl methyl sites for hydroxylation is 3. The van der Waals surface area contributed by atoms with Crippen LogP contribution < -0.4 is 0 Å². The third-order valence-corrected chi connectivity index (χ3v) is 4.17. The smallest absolute Gasteiger partial charge is 0.123 e. The maximum absolute atomic E-state index is 12.2. The lowest BCUT2D eigenvalue weighted by Gasteiger charge is -1.88. The summed E-state index contributed by atoms with van der Waals surface area (Å²) in [5, 5.41) is 1.60. The third kappa shape index (κ3) is 13.5. The zero-order chi connectivity index (χ0) is 22.2. The minimum Gasteiger partial charge on any atom is -0.207 e. The first-order valence-electron chi connectivity index (χ1n) is 9.53. The molecular weight excluding hydrogens is 414 g/mol. The van der Waals surface area contributed by atoms with Crippen LogP contribution in [0.5, 0.6) is 0 Å². The Morgan fingerprint density at radius 2 is 0.900 bits per heavy atom. The fourth-order valence-electron chi connectivity index (χ4n) is 2.09. The number of rotatable bonds is 0. The monoisotopic (exact) mass is 440 g/mol. The molecule has 0 fully saturated rings. The van der Waals surface area contributed by atoms with E-state index in [1.807, 2.05) is 92.7 Å². The Bertz CT molecular complexity index is 861. The molecule has 0 aliphatic carbocycles. The summed E-state index contributed by atoms with van der Waals surface area (Å²) in [6.45, 7) is 5.99. The van der Waals surface area contributed by atoms with Crippen LogP contribution in [0.15, 0.2) is 109 Å². The molecule has 0 N–H and O–H groups in total. The summed E-state index contributed by atoms with van der Waals surface area (Å²) in [4.78, 5) is 0. The highest BCUT2D eigenvalue weighted by Crippen LogP contribution is 2.07. The average Bonchev–Trinajstić information content (AvgIpc) is 2.73. The van der Waals surface area contributed by atoms with Gasteiger partial charge in [-0.15, -0.1) is 0 Å². The van der Waals surface area contributed by atoms with Crippen LogP contribution in [0.3, 0.4) is 0 Å². The van der Waals surface area contributed by atoms with Gasteiger partial charge in [0.15, 0.2) is 0 Å². The van der Waals surface area contributed by atoms with Crippen LogP contribution in [0.4, 0.5) is 4.39 Å². The molecular formula is C27H27Cl2F. The SMILES string of the molecule is Cc1ccc(Cl)cc1.Cc1cccc(F)c1.Cc1ccccc1.Clc1ccccc1. The summed E-state index contributed by atoms with van der Waals surface area (Å²) in [5.74, 6) is -0.162. The molecule has 0 atom stereocenters. The number of hydrogen-bond acceptors (Lipinski definition) is 0. The van der Waals surface area contributed by atoms with Gasteiger partial charge in [0.2, 0.25) is 0 Å². The van der Waals surface area contributed by atoms with Gasteiger partial charge in [0.25, 0.3) is 0 Å². The van der Waals surface area contributed by atoms with E-state index in [-0.39, 0.29) is 5.82 Å². The Kier molecular flexibility index (Phi) is 12.9. The summed E-state index contributed by atoms with van der Waals surface area (Å²) in [6.07, 6.45) is 0. The topological polar surface area (TPSA) is 0 Å². The number of benzene rings is 4. The summed E-state index contributed by atoms with van der Waals surface area (Å²) in [6, 6.07) is 34.0. The van der Waals surface area contributed by atoms with E-state index in [9.17, 15) is 4.39 Å². The van der Waals surface area contributed by atoms with Crippen molar-refractivity contribution in [2.75, 3.05) is 0 Å². The van der Waals surface area contributed by atoms with Crippen molar-refractivity contribution < 1.29 is 4.39 Å². The molecule has 156 valence electrons. The van der Waals surface area contributed by atoms with Gasteiger partial charge in [-0.25, -0.2) is 4.39 Å². The van der Waals surface area contributed by atoms with Crippen molar-refractivity contribution in [3.05, 3.63) is 142 Å². The standard InChI is InChI=1S/C7H7Cl.C7H7F.C7H8.C6H5Cl/c1-6-2-4-7(8)5-3-6;1-6-3-2-4-7(8)5-6;1-7-5-3-2-4-6-7;7-6-4-2-1-3-5-6/h2*2-5H,1H3;2-6H,1H3;1-5H. The first-order chi connectivity index (χ1) is 14.4. The lowest BCUT2D eigenvalue weighted by Crippen LogP contribution is -1.72. The van der Waals surface area contributed by atoms with Crippen molar-refractivity contribution >= 4 is 23.2 Å². The highest BCUT2D eigenvalue weighted by Gasteiger charge is 1.84. The zero-order valence-corrected chi connectivity index (χ0v) is 19.0. The molecule has 0 aliphatic rings. The molecule has 30 heavy (non-hydrogen) atoms. The van der Waals surface area contributed by atoms with Crippen molar-refractivity contribution in [3.63, 3.8) is 0 Å². The van der Waals surface area contributed by atoms with Gasteiger partial charge in [-0.3, -0.25) is 0 Å². The van der Waals surface area contributed by atoms with Crippen molar-refractivity contribution in [1.29, 1.82) is 0 Å². The molecule has 0 aliphatic heterocycles. The molecule has 0 spiro atoms. The van der Waals surface area contributed by atoms with Gasteiger partial charge in [-0.1, -0.05) is 107 Å². The first kappa shape index (κ1) is 25.4. The van der Waals surface area contributed by atoms with E-state index in [2.05, 4.69) is 19.1 Å². The molecule has 0 nitrogen and oxygen atoms in total. The zero-order valence-electron chi connectivity index (χ0n) is 17.5. The van der Waals surface area contributed by atoms with Gasteiger partial charge in [-0.2, -0.15) is 0 Å². The Balaban J connectivity index is 0.000000200.